The van der Waals surface area contributed by atoms with Crippen molar-refractivity contribution in [3.05, 3.63) is 78.1 Å². The molecule has 0 saturated carbocycles. The molecule has 1 aromatic carbocycles. The molecule has 0 N–H and O–H groups in total. The molecule has 2 aliphatic rings. The Morgan fingerprint density at radius 3 is 2.71 bits per heavy atom. The molecule has 0 bridgehead atoms. The Hall–Kier alpha value is -2.99. The van der Waals surface area contributed by atoms with E-state index in [2.05, 4.69) is 4.98 Å². The average molecular weight is 377 g/mol. The van der Waals surface area contributed by atoms with Gasteiger partial charge in [-0.15, -0.1) is 0 Å². The van der Waals surface area contributed by atoms with Gasteiger partial charge in [0, 0.05) is 32.3 Å². The third-order valence-corrected chi connectivity index (χ3v) is 5.19. The number of hydrogen-bond donors (Lipinski definition) is 0. The highest BCUT2D eigenvalue weighted by molar-refractivity contribution is 5.94. The minimum absolute atomic E-state index is 0.0696. The SMILES string of the molecule is O=C(c1ccccn1)N1CCO[C@@]2(CC=CCN(Cc3ccccc3)C2=O)C1. The van der Waals surface area contributed by atoms with E-state index < -0.39 is 5.60 Å². The lowest BCUT2D eigenvalue weighted by Crippen LogP contribution is -2.60. The van der Waals surface area contributed by atoms with Crippen molar-refractivity contribution in [2.45, 2.75) is 18.6 Å². The van der Waals surface area contributed by atoms with E-state index in [9.17, 15) is 9.59 Å². The van der Waals surface area contributed by atoms with Crippen molar-refractivity contribution in [1.29, 1.82) is 0 Å². The van der Waals surface area contributed by atoms with Crippen LogP contribution in [0.1, 0.15) is 22.5 Å². The van der Waals surface area contributed by atoms with Gasteiger partial charge >= 0.3 is 0 Å². The van der Waals surface area contributed by atoms with Crippen LogP contribution in [0.15, 0.2) is 66.9 Å². The summed E-state index contributed by atoms with van der Waals surface area (Å²) in [5.74, 6) is -0.237. The minimum atomic E-state index is -1.04. The Kier molecular flexibility index (Phi) is 5.21. The van der Waals surface area contributed by atoms with Gasteiger partial charge in [-0.05, 0) is 17.7 Å². The molecule has 0 aliphatic carbocycles. The van der Waals surface area contributed by atoms with Crippen molar-refractivity contribution in [1.82, 2.24) is 14.8 Å². The molecule has 0 unspecified atom stereocenters. The van der Waals surface area contributed by atoms with Gasteiger partial charge in [0.2, 0.25) is 0 Å². The molecule has 2 amide bonds. The summed E-state index contributed by atoms with van der Waals surface area (Å²) in [6, 6.07) is 15.2. The maximum Gasteiger partial charge on any atom is 0.272 e. The number of carbonyl (C=O) groups excluding carboxylic acids is 2. The number of benzene rings is 1. The summed E-state index contributed by atoms with van der Waals surface area (Å²) in [5, 5.41) is 0. The monoisotopic (exact) mass is 377 g/mol. The Balaban J connectivity index is 1.55. The number of aromatic nitrogens is 1. The molecular weight excluding hydrogens is 354 g/mol. The molecule has 1 spiro atoms. The van der Waals surface area contributed by atoms with Crippen molar-refractivity contribution < 1.29 is 14.3 Å². The lowest BCUT2D eigenvalue weighted by Gasteiger charge is -2.42. The maximum atomic E-state index is 13.4. The summed E-state index contributed by atoms with van der Waals surface area (Å²) in [4.78, 5) is 33.9. The van der Waals surface area contributed by atoms with Crippen LogP contribution in [0.25, 0.3) is 0 Å². The van der Waals surface area contributed by atoms with Gasteiger partial charge < -0.3 is 14.5 Å². The second-order valence-corrected chi connectivity index (χ2v) is 7.13. The third kappa shape index (κ3) is 3.68. The quantitative estimate of drug-likeness (QED) is 0.770. The molecule has 6 heteroatoms. The van der Waals surface area contributed by atoms with Gasteiger partial charge in [0.25, 0.3) is 11.8 Å². The van der Waals surface area contributed by atoms with E-state index in [1.807, 2.05) is 42.5 Å². The summed E-state index contributed by atoms with van der Waals surface area (Å²) in [7, 11) is 0. The third-order valence-electron chi connectivity index (χ3n) is 5.19. The summed E-state index contributed by atoms with van der Waals surface area (Å²) in [6.07, 6.45) is 6.05. The highest BCUT2D eigenvalue weighted by atomic mass is 16.5. The van der Waals surface area contributed by atoms with Gasteiger partial charge in [-0.2, -0.15) is 0 Å². The standard InChI is InChI=1S/C22H23N3O3/c26-20(19-10-4-6-12-23-19)25-14-15-28-22(17-25)11-5-7-13-24(21(22)27)16-18-8-2-1-3-9-18/h1-10,12H,11,13-17H2/t22-/m0/s1. The van der Waals surface area contributed by atoms with Crippen LogP contribution in [0.5, 0.6) is 0 Å². The van der Waals surface area contributed by atoms with Crippen molar-refractivity contribution >= 4 is 11.8 Å². The van der Waals surface area contributed by atoms with Gasteiger partial charge in [0.1, 0.15) is 5.69 Å². The Labute approximate surface area is 164 Å². The van der Waals surface area contributed by atoms with Crippen LogP contribution in [0.4, 0.5) is 0 Å². The topological polar surface area (TPSA) is 62.7 Å². The summed E-state index contributed by atoms with van der Waals surface area (Å²) in [5.41, 5.74) is 0.417. The molecule has 3 heterocycles. The molecule has 28 heavy (non-hydrogen) atoms. The van der Waals surface area contributed by atoms with Gasteiger partial charge in [-0.25, -0.2) is 0 Å². The van der Waals surface area contributed by atoms with Gasteiger partial charge in [0.05, 0.1) is 13.2 Å². The summed E-state index contributed by atoms with van der Waals surface area (Å²) in [6.45, 7) is 2.07. The Morgan fingerprint density at radius 2 is 1.93 bits per heavy atom. The predicted molar refractivity (Wildman–Crippen MR) is 104 cm³/mol. The summed E-state index contributed by atoms with van der Waals surface area (Å²) >= 11 is 0. The molecule has 1 aromatic heterocycles. The first kappa shape index (κ1) is 18.4. The molecule has 144 valence electrons. The Morgan fingerprint density at radius 1 is 1.11 bits per heavy atom. The lowest BCUT2D eigenvalue weighted by atomic mass is 9.95. The molecule has 4 rings (SSSR count). The first-order valence-electron chi connectivity index (χ1n) is 9.50. The van der Waals surface area contributed by atoms with Crippen molar-refractivity contribution in [2.75, 3.05) is 26.2 Å². The van der Waals surface area contributed by atoms with Gasteiger partial charge in [-0.3, -0.25) is 14.6 Å². The summed E-state index contributed by atoms with van der Waals surface area (Å²) < 4.78 is 6.03. The smallest absolute Gasteiger partial charge is 0.272 e. The number of amides is 2. The molecule has 1 fully saturated rings. The maximum absolute atomic E-state index is 13.4. The molecule has 2 aromatic rings. The molecule has 2 aliphatic heterocycles. The van der Waals surface area contributed by atoms with Crippen LogP contribution in [0, 0.1) is 0 Å². The first-order valence-corrected chi connectivity index (χ1v) is 9.50. The number of nitrogens with zero attached hydrogens (tertiary/aromatic N) is 3. The number of ether oxygens (including phenoxy) is 1. The first-order chi connectivity index (χ1) is 13.7. The van der Waals surface area contributed by atoms with Crippen molar-refractivity contribution in [3.8, 4) is 0 Å². The van der Waals surface area contributed by atoms with Crippen LogP contribution < -0.4 is 0 Å². The normalized spacial score (nSPS) is 22.4. The van der Waals surface area contributed by atoms with E-state index in [4.69, 9.17) is 4.74 Å². The van der Waals surface area contributed by atoms with Crippen LogP contribution in [-0.2, 0) is 16.1 Å². The van der Waals surface area contributed by atoms with E-state index in [0.29, 0.717) is 38.4 Å². The number of pyridine rings is 1. The van der Waals surface area contributed by atoms with Crippen LogP contribution in [-0.4, -0.2) is 58.4 Å². The van der Waals surface area contributed by atoms with E-state index >= 15 is 0 Å². The fourth-order valence-corrected chi connectivity index (χ4v) is 3.74. The second-order valence-electron chi connectivity index (χ2n) is 7.13. The number of carbonyl (C=O) groups is 2. The van der Waals surface area contributed by atoms with E-state index in [1.165, 1.54) is 0 Å². The number of hydrogen-bond acceptors (Lipinski definition) is 4. The van der Waals surface area contributed by atoms with E-state index in [1.54, 1.807) is 34.2 Å². The second kappa shape index (κ2) is 7.94. The van der Waals surface area contributed by atoms with Crippen LogP contribution >= 0.6 is 0 Å². The van der Waals surface area contributed by atoms with Crippen LogP contribution in [0.2, 0.25) is 0 Å². The molecular formula is C22H23N3O3. The molecule has 0 radical (unpaired) electrons. The zero-order chi connectivity index (χ0) is 19.4. The fourth-order valence-electron chi connectivity index (χ4n) is 3.74. The van der Waals surface area contributed by atoms with Crippen LogP contribution in [0.3, 0.4) is 0 Å². The van der Waals surface area contributed by atoms with E-state index in [-0.39, 0.29) is 18.4 Å². The van der Waals surface area contributed by atoms with E-state index in [0.717, 1.165) is 5.56 Å². The molecule has 1 saturated heterocycles. The van der Waals surface area contributed by atoms with Gasteiger partial charge in [-0.1, -0.05) is 48.6 Å². The zero-order valence-electron chi connectivity index (χ0n) is 15.7. The lowest BCUT2D eigenvalue weighted by molar-refractivity contribution is -0.167. The van der Waals surface area contributed by atoms with Crippen molar-refractivity contribution in [3.63, 3.8) is 0 Å². The molecule has 6 nitrogen and oxygen atoms in total. The number of morpholine rings is 1. The van der Waals surface area contributed by atoms with Crippen molar-refractivity contribution in [2.24, 2.45) is 0 Å². The zero-order valence-corrected chi connectivity index (χ0v) is 15.7. The van der Waals surface area contributed by atoms with Gasteiger partial charge in [0.15, 0.2) is 5.60 Å². The largest absolute Gasteiger partial charge is 0.361 e. The highest BCUT2D eigenvalue weighted by Crippen LogP contribution is 2.29. The average Bonchev–Trinajstić information content (AvgIpc) is 2.89. The predicted octanol–water partition coefficient (Wildman–Crippen LogP) is 2.28. The number of rotatable bonds is 3. The minimum Gasteiger partial charge on any atom is -0.361 e. The fraction of sp³-hybridized carbons (Fsp3) is 0.318. The molecule has 1 atom stereocenters. The Bertz CT molecular complexity index is 869. The highest BCUT2D eigenvalue weighted by Gasteiger charge is 2.47.